The quantitative estimate of drug-likeness (QED) is 0.714. The predicted octanol–water partition coefficient (Wildman–Crippen LogP) is 3.55. The van der Waals surface area contributed by atoms with Crippen LogP contribution in [0.5, 0.6) is 5.75 Å². The molecule has 5 atom stereocenters. The highest BCUT2D eigenvalue weighted by Gasteiger charge is 2.42. The molecule has 2 aromatic rings. The van der Waals surface area contributed by atoms with Crippen LogP contribution < -0.4 is 4.74 Å². The SMILES string of the molecule is CCOc1ccc(Cc2cc(C3SC(C)C(O)C(O)C3O)c(C)cc2C)cc1. The Morgan fingerprint density at radius 2 is 1.61 bits per heavy atom. The first kappa shape index (κ1) is 21.2. The maximum absolute atomic E-state index is 10.6. The maximum Gasteiger partial charge on any atom is 0.119 e. The van der Waals surface area contributed by atoms with Crippen molar-refractivity contribution >= 4 is 11.8 Å². The zero-order valence-corrected chi connectivity index (χ0v) is 17.7. The van der Waals surface area contributed by atoms with Gasteiger partial charge in [0.1, 0.15) is 11.9 Å². The van der Waals surface area contributed by atoms with E-state index in [-0.39, 0.29) is 10.5 Å². The van der Waals surface area contributed by atoms with E-state index in [0.29, 0.717) is 6.61 Å². The Balaban J connectivity index is 1.88. The zero-order chi connectivity index (χ0) is 20.4. The van der Waals surface area contributed by atoms with E-state index in [9.17, 15) is 15.3 Å². The Bertz CT molecular complexity index is 805. The van der Waals surface area contributed by atoms with Crippen molar-refractivity contribution < 1.29 is 20.1 Å². The smallest absolute Gasteiger partial charge is 0.119 e. The average Bonchev–Trinajstić information content (AvgIpc) is 2.67. The topological polar surface area (TPSA) is 69.9 Å². The van der Waals surface area contributed by atoms with Gasteiger partial charge in [0.05, 0.1) is 24.1 Å². The Hall–Kier alpha value is -1.53. The fraction of sp³-hybridized carbons (Fsp3) is 0.478. The summed E-state index contributed by atoms with van der Waals surface area (Å²) in [6.07, 6.45) is -2.24. The van der Waals surface area contributed by atoms with Gasteiger partial charge >= 0.3 is 0 Å². The van der Waals surface area contributed by atoms with E-state index in [4.69, 9.17) is 4.74 Å². The van der Waals surface area contributed by atoms with Crippen molar-refractivity contribution in [2.45, 2.75) is 62.9 Å². The molecule has 0 aliphatic carbocycles. The molecule has 152 valence electrons. The summed E-state index contributed by atoms with van der Waals surface area (Å²) in [6, 6.07) is 12.4. The molecule has 0 saturated carbocycles. The monoisotopic (exact) mass is 402 g/mol. The number of aryl methyl sites for hydroxylation is 2. The minimum absolute atomic E-state index is 0.140. The van der Waals surface area contributed by atoms with Crippen LogP contribution in [0.4, 0.5) is 0 Å². The van der Waals surface area contributed by atoms with E-state index in [2.05, 4.69) is 31.2 Å². The molecule has 1 aliphatic rings. The van der Waals surface area contributed by atoms with Crippen LogP contribution in [0.1, 0.15) is 46.9 Å². The lowest BCUT2D eigenvalue weighted by Crippen LogP contribution is -2.49. The number of aliphatic hydroxyl groups excluding tert-OH is 3. The molecule has 3 rings (SSSR count). The van der Waals surface area contributed by atoms with Gasteiger partial charge in [0.25, 0.3) is 0 Å². The summed E-state index contributed by atoms with van der Waals surface area (Å²) in [7, 11) is 0. The van der Waals surface area contributed by atoms with Crippen molar-refractivity contribution in [3.8, 4) is 5.75 Å². The minimum Gasteiger partial charge on any atom is -0.494 e. The van der Waals surface area contributed by atoms with Crippen LogP contribution in [0.15, 0.2) is 36.4 Å². The summed E-state index contributed by atoms with van der Waals surface area (Å²) in [4.78, 5) is 0. The highest BCUT2D eigenvalue weighted by molar-refractivity contribution is 8.00. The first-order valence-corrected chi connectivity index (χ1v) is 10.8. The third-order valence-electron chi connectivity index (χ3n) is 5.51. The second-order valence-corrected chi connectivity index (χ2v) is 9.15. The molecule has 1 aliphatic heterocycles. The molecule has 0 radical (unpaired) electrons. The normalized spacial score (nSPS) is 27.6. The average molecular weight is 403 g/mol. The lowest BCUT2D eigenvalue weighted by molar-refractivity contribution is -0.0644. The number of thioether (sulfide) groups is 1. The van der Waals surface area contributed by atoms with Gasteiger partial charge in [-0.05, 0) is 67.1 Å². The Morgan fingerprint density at radius 3 is 2.25 bits per heavy atom. The molecule has 5 unspecified atom stereocenters. The molecule has 0 aromatic heterocycles. The van der Waals surface area contributed by atoms with Gasteiger partial charge in [-0.25, -0.2) is 0 Å². The largest absolute Gasteiger partial charge is 0.494 e. The van der Waals surface area contributed by atoms with Crippen LogP contribution >= 0.6 is 11.8 Å². The van der Waals surface area contributed by atoms with Gasteiger partial charge in [0.2, 0.25) is 0 Å². The van der Waals surface area contributed by atoms with Crippen molar-refractivity contribution in [2.75, 3.05) is 6.61 Å². The number of ether oxygens (including phenoxy) is 1. The molecular formula is C23H30O4S. The second kappa shape index (κ2) is 8.87. The Kier molecular flexibility index (Phi) is 6.71. The van der Waals surface area contributed by atoms with Crippen LogP contribution in [-0.2, 0) is 6.42 Å². The van der Waals surface area contributed by atoms with Crippen molar-refractivity contribution in [2.24, 2.45) is 0 Å². The molecule has 2 aromatic carbocycles. The lowest BCUT2D eigenvalue weighted by atomic mass is 9.90. The number of benzene rings is 2. The van der Waals surface area contributed by atoms with Crippen LogP contribution in [0.25, 0.3) is 0 Å². The molecule has 0 spiro atoms. The van der Waals surface area contributed by atoms with Crippen LogP contribution in [-0.4, -0.2) is 45.5 Å². The molecule has 1 saturated heterocycles. The van der Waals surface area contributed by atoms with Crippen LogP contribution in [0.3, 0.4) is 0 Å². The highest BCUT2D eigenvalue weighted by Crippen LogP contribution is 2.44. The maximum atomic E-state index is 10.6. The van der Waals surface area contributed by atoms with E-state index in [0.717, 1.165) is 23.3 Å². The van der Waals surface area contributed by atoms with Gasteiger partial charge in [-0.3, -0.25) is 0 Å². The molecule has 1 fully saturated rings. The fourth-order valence-electron chi connectivity index (χ4n) is 3.81. The number of hydrogen-bond acceptors (Lipinski definition) is 5. The van der Waals surface area contributed by atoms with Crippen molar-refractivity contribution in [1.29, 1.82) is 0 Å². The van der Waals surface area contributed by atoms with E-state index >= 15 is 0 Å². The molecule has 1 heterocycles. The lowest BCUT2D eigenvalue weighted by Gasteiger charge is -2.39. The number of hydrogen-bond donors (Lipinski definition) is 3. The summed E-state index contributed by atoms with van der Waals surface area (Å²) >= 11 is 1.53. The molecule has 28 heavy (non-hydrogen) atoms. The van der Waals surface area contributed by atoms with Gasteiger partial charge in [0.15, 0.2) is 0 Å². The molecule has 5 heteroatoms. The Morgan fingerprint density at radius 1 is 0.929 bits per heavy atom. The van der Waals surface area contributed by atoms with E-state index in [1.165, 1.54) is 28.5 Å². The summed E-state index contributed by atoms with van der Waals surface area (Å²) in [5.41, 5.74) is 5.73. The first-order valence-electron chi connectivity index (χ1n) is 9.83. The number of aliphatic hydroxyl groups is 3. The fourth-order valence-corrected chi connectivity index (χ4v) is 5.32. The second-order valence-electron chi connectivity index (χ2n) is 7.62. The van der Waals surface area contributed by atoms with E-state index in [1.54, 1.807) is 0 Å². The van der Waals surface area contributed by atoms with E-state index in [1.807, 2.05) is 32.9 Å². The molecular weight excluding hydrogens is 372 g/mol. The molecule has 3 N–H and O–H groups in total. The van der Waals surface area contributed by atoms with Gasteiger partial charge in [-0.1, -0.05) is 31.2 Å². The summed E-state index contributed by atoms with van der Waals surface area (Å²) in [5.74, 6) is 0.871. The molecule has 0 amide bonds. The van der Waals surface area contributed by atoms with Gasteiger partial charge < -0.3 is 20.1 Å². The molecule has 4 nitrogen and oxygen atoms in total. The third kappa shape index (κ3) is 4.38. The van der Waals surface area contributed by atoms with Crippen LogP contribution in [0.2, 0.25) is 0 Å². The van der Waals surface area contributed by atoms with Crippen molar-refractivity contribution in [3.63, 3.8) is 0 Å². The molecule has 0 bridgehead atoms. The minimum atomic E-state index is -1.13. The Labute approximate surface area is 171 Å². The highest BCUT2D eigenvalue weighted by atomic mass is 32.2. The number of rotatable bonds is 5. The standard InChI is InChI=1S/C23H30O4S/c1-5-27-18-8-6-16(7-9-18)11-17-12-19(14(3)10-13(17)2)23-22(26)21(25)20(24)15(4)28-23/h6-10,12,15,20-26H,5,11H2,1-4H3. The van der Waals surface area contributed by atoms with Gasteiger partial charge in [-0.15, -0.1) is 11.8 Å². The van der Waals surface area contributed by atoms with Crippen LogP contribution in [0, 0.1) is 13.8 Å². The summed E-state index contributed by atoms with van der Waals surface area (Å²) in [6.45, 7) is 8.66. The van der Waals surface area contributed by atoms with Gasteiger partial charge in [0, 0.05) is 5.25 Å². The zero-order valence-electron chi connectivity index (χ0n) is 16.9. The van der Waals surface area contributed by atoms with Gasteiger partial charge in [-0.2, -0.15) is 0 Å². The first-order chi connectivity index (χ1) is 13.3. The van der Waals surface area contributed by atoms with Crippen molar-refractivity contribution in [3.05, 3.63) is 64.2 Å². The summed E-state index contributed by atoms with van der Waals surface area (Å²) < 4.78 is 5.51. The predicted molar refractivity (Wildman–Crippen MR) is 114 cm³/mol. The van der Waals surface area contributed by atoms with Crippen molar-refractivity contribution in [1.82, 2.24) is 0 Å². The summed E-state index contributed by atoms with van der Waals surface area (Å²) in [5, 5.41) is 30.5. The third-order valence-corrected chi connectivity index (χ3v) is 7.05. The van der Waals surface area contributed by atoms with E-state index < -0.39 is 18.3 Å².